The van der Waals surface area contributed by atoms with E-state index in [4.69, 9.17) is 14.2 Å². The monoisotopic (exact) mass is 498 g/mol. The minimum atomic E-state index is -0.409. The summed E-state index contributed by atoms with van der Waals surface area (Å²) in [6, 6.07) is 14.8. The first-order valence-corrected chi connectivity index (χ1v) is 13.2. The van der Waals surface area contributed by atoms with Gasteiger partial charge in [-0.2, -0.15) is 0 Å². The largest absolute Gasteiger partial charge is 0.494 e. The van der Waals surface area contributed by atoms with E-state index in [9.17, 15) is 9.18 Å². The standard InChI is InChI=1S/C29H39FN2O4/c1-34-29(23-36-27-9-3-2-8-26(27)30)15-6-17-31(20-16-29)22-24-11-13-25(14-12-24)35-21-7-19-32-18-5-4-10-28(32)33/h2-3,8-9,11-14H,4-7,10,15-23H2,1H3. The third-order valence-corrected chi connectivity index (χ3v) is 7.34. The van der Waals surface area contributed by atoms with Crippen LogP contribution in [0.3, 0.4) is 0 Å². The van der Waals surface area contributed by atoms with Crippen molar-refractivity contribution in [2.45, 2.75) is 57.1 Å². The molecule has 0 aliphatic carbocycles. The Labute approximate surface area is 214 Å². The van der Waals surface area contributed by atoms with E-state index in [2.05, 4.69) is 17.0 Å². The van der Waals surface area contributed by atoms with Crippen LogP contribution >= 0.6 is 0 Å². The second kappa shape index (κ2) is 13.1. The predicted molar refractivity (Wildman–Crippen MR) is 138 cm³/mol. The highest BCUT2D eigenvalue weighted by molar-refractivity contribution is 5.76. The molecule has 2 saturated heterocycles. The number of methoxy groups -OCH3 is 1. The van der Waals surface area contributed by atoms with Crippen LogP contribution < -0.4 is 9.47 Å². The zero-order valence-corrected chi connectivity index (χ0v) is 21.4. The fraction of sp³-hybridized carbons (Fsp3) is 0.552. The number of halogens is 1. The van der Waals surface area contributed by atoms with Crippen molar-refractivity contribution in [2.24, 2.45) is 0 Å². The minimum absolute atomic E-state index is 0.275. The van der Waals surface area contributed by atoms with Crippen LogP contribution in [0, 0.1) is 5.82 Å². The van der Waals surface area contributed by atoms with Crippen molar-refractivity contribution < 1.29 is 23.4 Å². The van der Waals surface area contributed by atoms with Crippen LogP contribution in [0.2, 0.25) is 0 Å². The maximum absolute atomic E-state index is 14.0. The van der Waals surface area contributed by atoms with Gasteiger partial charge in [0.25, 0.3) is 0 Å². The molecule has 36 heavy (non-hydrogen) atoms. The van der Waals surface area contributed by atoms with Gasteiger partial charge in [-0.3, -0.25) is 9.69 Å². The number of benzene rings is 2. The van der Waals surface area contributed by atoms with E-state index in [0.29, 0.717) is 19.6 Å². The number of para-hydroxylation sites is 1. The number of carbonyl (C=O) groups excluding carboxylic acids is 1. The number of hydrogen-bond donors (Lipinski definition) is 0. The zero-order chi connectivity index (χ0) is 25.2. The Kier molecular flexibility index (Phi) is 9.59. The third-order valence-electron chi connectivity index (χ3n) is 7.34. The summed E-state index contributed by atoms with van der Waals surface area (Å²) in [6.07, 6.45) is 6.38. The summed E-state index contributed by atoms with van der Waals surface area (Å²) in [4.78, 5) is 16.3. The van der Waals surface area contributed by atoms with E-state index in [1.807, 2.05) is 17.0 Å². The number of hydrogen-bond acceptors (Lipinski definition) is 5. The Balaban J connectivity index is 1.20. The molecule has 1 amide bonds. The van der Waals surface area contributed by atoms with Gasteiger partial charge in [-0.25, -0.2) is 4.39 Å². The van der Waals surface area contributed by atoms with E-state index in [1.54, 1.807) is 25.3 Å². The van der Waals surface area contributed by atoms with Gasteiger partial charge in [0.2, 0.25) is 5.91 Å². The first kappa shape index (κ1) is 26.4. The summed E-state index contributed by atoms with van der Waals surface area (Å²) in [5.41, 5.74) is 0.835. The molecule has 2 aliphatic rings. The Morgan fingerprint density at radius 1 is 0.944 bits per heavy atom. The average molecular weight is 499 g/mol. The molecule has 1 atom stereocenters. The summed E-state index contributed by atoms with van der Waals surface area (Å²) in [7, 11) is 1.73. The van der Waals surface area contributed by atoms with E-state index in [1.165, 1.54) is 11.6 Å². The van der Waals surface area contributed by atoms with Gasteiger partial charge in [0, 0.05) is 39.7 Å². The number of likely N-dealkylation sites (tertiary alicyclic amines) is 2. The van der Waals surface area contributed by atoms with Crippen LogP contribution in [0.5, 0.6) is 11.5 Å². The van der Waals surface area contributed by atoms with Crippen molar-refractivity contribution in [1.82, 2.24) is 9.80 Å². The maximum Gasteiger partial charge on any atom is 0.222 e. The molecule has 0 radical (unpaired) electrons. The number of carbonyl (C=O) groups is 1. The lowest BCUT2D eigenvalue weighted by molar-refractivity contribution is -0.133. The summed E-state index contributed by atoms with van der Waals surface area (Å²) in [5.74, 6) is 1.07. The summed E-state index contributed by atoms with van der Waals surface area (Å²) in [5, 5.41) is 0. The lowest BCUT2D eigenvalue weighted by Gasteiger charge is -2.31. The Hall–Kier alpha value is -2.64. The number of ether oxygens (including phenoxy) is 3. The van der Waals surface area contributed by atoms with Crippen molar-refractivity contribution >= 4 is 5.91 Å². The molecule has 2 aromatic carbocycles. The van der Waals surface area contributed by atoms with E-state index >= 15 is 0 Å². The number of amides is 1. The molecule has 196 valence electrons. The van der Waals surface area contributed by atoms with E-state index in [-0.39, 0.29) is 17.5 Å². The van der Waals surface area contributed by atoms with Gasteiger partial charge in [0.05, 0.1) is 6.61 Å². The Bertz CT molecular complexity index is 970. The topological polar surface area (TPSA) is 51.2 Å². The van der Waals surface area contributed by atoms with E-state index < -0.39 is 5.60 Å². The molecule has 1 unspecified atom stereocenters. The highest BCUT2D eigenvalue weighted by atomic mass is 19.1. The first-order chi connectivity index (χ1) is 17.6. The lowest BCUT2D eigenvalue weighted by Crippen LogP contribution is -2.39. The lowest BCUT2D eigenvalue weighted by atomic mass is 9.95. The predicted octanol–water partition coefficient (Wildman–Crippen LogP) is 5.06. The maximum atomic E-state index is 14.0. The fourth-order valence-corrected chi connectivity index (χ4v) is 5.05. The Morgan fingerprint density at radius 3 is 2.56 bits per heavy atom. The molecule has 0 bridgehead atoms. The fourth-order valence-electron chi connectivity index (χ4n) is 5.05. The summed E-state index contributed by atoms with van der Waals surface area (Å²) >= 11 is 0. The van der Waals surface area contributed by atoms with Crippen LogP contribution in [0.4, 0.5) is 4.39 Å². The van der Waals surface area contributed by atoms with E-state index in [0.717, 1.165) is 77.0 Å². The van der Waals surface area contributed by atoms with Gasteiger partial charge < -0.3 is 19.1 Å². The summed E-state index contributed by atoms with van der Waals surface area (Å²) in [6.45, 7) is 5.36. The molecular weight excluding hydrogens is 459 g/mol. The first-order valence-electron chi connectivity index (χ1n) is 13.2. The van der Waals surface area contributed by atoms with Crippen LogP contribution in [-0.4, -0.2) is 67.8 Å². The highest BCUT2D eigenvalue weighted by Gasteiger charge is 2.34. The molecule has 7 heteroatoms. The van der Waals surface area contributed by atoms with Gasteiger partial charge in [-0.1, -0.05) is 24.3 Å². The van der Waals surface area contributed by atoms with Crippen molar-refractivity contribution in [3.63, 3.8) is 0 Å². The quantitative estimate of drug-likeness (QED) is 0.406. The molecule has 4 rings (SSSR count). The van der Waals surface area contributed by atoms with Gasteiger partial charge in [-0.05, 0) is 74.9 Å². The molecule has 2 aromatic rings. The number of piperidine rings is 1. The van der Waals surface area contributed by atoms with Crippen LogP contribution in [-0.2, 0) is 16.1 Å². The Morgan fingerprint density at radius 2 is 1.78 bits per heavy atom. The summed E-state index contributed by atoms with van der Waals surface area (Å²) < 4.78 is 31.6. The van der Waals surface area contributed by atoms with Crippen LogP contribution in [0.1, 0.15) is 50.5 Å². The molecule has 6 nitrogen and oxygen atoms in total. The minimum Gasteiger partial charge on any atom is -0.494 e. The van der Waals surface area contributed by atoms with Crippen molar-refractivity contribution in [1.29, 1.82) is 0 Å². The SMILES string of the molecule is COC1(COc2ccccc2F)CCCN(Cc2ccc(OCCCN3CCCCC3=O)cc2)CC1. The van der Waals surface area contributed by atoms with Crippen molar-refractivity contribution in [3.8, 4) is 11.5 Å². The van der Waals surface area contributed by atoms with Gasteiger partial charge >= 0.3 is 0 Å². The second-order valence-electron chi connectivity index (χ2n) is 9.92. The van der Waals surface area contributed by atoms with Crippen molar-refractivity contribution in [2.75, 3.05) is 46.5 Å². The van der Waals surface area contributed by atoms with Crippen LogP contribution in [0.25, 0.3) is 0 Å². The highest BCUT2D eigenvalue weighted by Crippen LogP contribution is 2.29. The molecule has 2 fully saturated rings. The van der Waals surface area contributed by atoms with Gasteiger partial charge in [0.15, 0.2) is 11.6 Å². The molecule has 0 aromatic heterocycles. The molecule has 2 aliphatic heterocycles. The van der Waals surface area contributed by atoms with Crippen molar-refractivity contribution in [3.05, 3.63) is 59.9 Å². The second-order valence-corrected chi connectivity index (χ2v) is 9.92. The molecule has 2 heterocycles. The van der Waals surface area contributed by atoms with Gasteiger partial charge in [-0.15, -0.1) is 0 Å². The molecular formula is C29H39FN2O4. The van der Waals surface area contributed by atoms with Gasteiger partial charge in [0.1, 0.15) is 18.0 Å². The molecule has 0 N–H and O–H groups in total. The number of nitrogens with zero attached hydrogens (tertiary/aromatic N) is 2. The smallest absolute Gasteiger partial charge is 0.222 e. The number of rotatable bonds is 11. The molecule has 0 saturated carbocycles. The molecule has 0 spiro atoms. The average Bonchev–Trinajstić information content (AvgIpc) is 3.10. The third kappa shape index (κ3) is 7.43. The normalized spacial score (nSPS) is 21.3. The zero-order valence-electron chi connectivity index (χ0n) is 21.4. The van der Waals surface area contributed by atoms with Crippen LogP contribution in [0.15, 0.2) is 48.5 Å².